The summed E-state index contributed by atoms with van der Waals surface area (Å²) in [7, 11) is 0. The molecule has 9 heteroatoms. The topological polar surface area (TPSA) is 105 Å². The average molecular weight is 744 g/mol. The number of nitrogens with zero attached hydrogens (tertiary/aromatic N) is 5. The van der Waals surface area contributed by atoms with Crippen LogP contribution in [-0.2, 0) is 6.54 Å². The summed E-state index contributed by atoms with van der Waals surface area (Å²) in [5, 5.41) is 15.7. The molecule has 2 aliphatic rings. The van der Waals surface area contributed by atoms with Gasteiger partial charge >= 0.3 is 0 Å². The van der Waals surface area contributed by atoms with Crippen LogP contribution in [0.5, 0.6) is 0 Å². The molecule has 0 bridgehead atoms. The summed E-state index contributed by atoms with van der Waals surface area (Å²) in [5.74, 6) is 3.32. The number of hydrogen-bond donors (Lipinski definition) is 2. The first-order chi connectivity index (χ1) is 27.7. The van der Waals surface area contributed by atoms with E-state index in [4.69, 9.17) is 14.0 Å². The zero-order valence-corrected chi connectivity index (χ0v) is 32.0. The van der Waals surface area contributed by atoms with Gasteiger partial charge in [-0.15, -0.1) is 0 Å². The summed E-state index contributed by atoms with van der Waals surface area (Å²) in [6.07, 6.45) is 12.2. The number of aryl methyl sites for hydroxylation is 1. The van der Waals surface area contributed by atoms with Gasteiger partial charge in [-0.1, -0.05) is 121 Å². The fourth-order valence-electron chi connectivity index (χ4n) is 7.74. The minimum absolute atomic E-state index is 0.528. The minimum atomic E-state index is 0.528. The maximum absolute atomic E-state index is 5.95. The zero-order chi connectivity index (χ0) is 37.9. The van der Waals surface area contributed by atoms with Crippen molar-refractivity contribution in [2.45, 2.75) is 70.9 Å². The molecule has 1 aliphatic heterocycles. The van der Waals surface area contributed by atoms with Gasteiger partial charge in [-0.05, 0) is 87.7 Å². The molecule has 1 saturated heterocycles. The van der Waals surface area contributed by atoms with E-state index >= 15 is 0 Å². The number of piperidine rings is 1. The third kappa shape index (κ3) is 9.07. The number of pyridine rings is 2. The highest BCUT2D eigenvalue weighted by Crippen LogP contribution is 2.37. The highest BCUT2D eigenvalue weighted by atomic mass is 16.5. The Morgan fingerprint density at radius 2 is 1.27 bits per heavy atom. The maximum Gasteiger partial charge on any atom is 0.176 e. The molecule has 0 amide bonds. The van der Waals surface area contributed by atoms with E-state index < -0.39 is 0 Å². The van der Waals surface area contributed by atoms with Gasteiger partial charge in [0.05, 0.1) is 22.5 Å². The lowest BCUT2D eigenvalue weighted by Crippen LogP contribution is -2.29. The SMILES string of the molecule is Cc1noc(-c2ccccc2)c1-c1cccc(Nc2ccccc2)n1.c1ccc(-c2onc(CN3CCCCC3)c2-c2ccnc(NC3CCCCC3)c2)cc1. The zero-order valence-electron chi connectivity index (χ0n) is 32.0. The first-order valence-electron chi connectivity index (χ1n) is 20.0. The molecule has 3 aromatic carbocycles. The van der Waals surface area contributed by atoms with Gasteiger partial charge < -0.3 is 19.7 Å². The van der Waals surface area contributed by atoms with Crippen molar-refractivity contribution in [2.75, 3.05) is 23.7 Å². The normalized spacial score (nSPS) is 14.8. The molecule has 2 N–H and O–H groups in total. The Balaban J connectivity index is 0.000000161. The molecule has 1 aliphatic carbocycles. The van der Waals surface area contributed by atoms with Crippen LogP contribution < -0.4 is 10.6 Å². The summed E-state index contributed by atoms with van der Waals surface area (Å²) in [6.45, 7) is 5.04. The number of para-hydroxylation sites is 1. The van der Waals surface area contributed by atoms with Crippen molar-refractivity contribution < 1.29 is 9.05 Å². The molecule has 2 fully saturated rings. The Kier molecular flexibility index (Phi) is 11.9. The Labute approximate surface area is 329 Å². The van der Waals surface area contributed by atoms with Gasteiger partial charge in [0.15, 0.2) is 11.5 Å². The first-order valence-corrected chi connectivity index (χ1v) is 20.0. The van der Waals surface area contributed by atoms with Crippen LogP contribution in [0.2, 0.25) is 0 Å². The van der Waals surface area contributed by atoms with E-state index in [9.17, 15) is 0 Å². The lowest BCUT2D eigenvalue weighted by molar-refractivity contribution is 0.215. The van der Waals surface area contributed by atoms with Gasteiger partial charge in [0.2, 0.25) is 0 Å². The van der Waals surface area contributed by atoms with Crippen LogP contribution >= 0.6 is 0 Å². The van der Waals surface area contributed by atoms with Gasteiger partial charge in [-0.2, -0.15) is 0 Å². The van der Waals surface area contributed by atoms with Crippen molar-refractivity contribution in [3.8, 4) is 45.0 Å². The molecule has 56 heavy (non-hydrogen) atoms. The predicted octanol–water partition coefficient (Wildman–Crippen LogP) is 11.6. The Morgan fingerprint density at radius 3 is 1.98 bits per heavy atom. The molecule has 0 spiro atoms. The van der Waals surface area contributed by atoms with Crippen molar-refractivity contribution in [1.82, 2.24) is 25.2 Å². The van der Waals surface area contributed by atoms with Crippen LogP contribution in [-0.4, -0.2) is 44.3 Å². The number of aromatic nitrogens is 4. The van der Waals surface area contributed by atoms with Crippen molar-refractivity contribution in [1.29, 1.82) is 0 Å². The molecule has 9 nitrogen and oxygen atoms in total. The molecule has 0 unspecified atom stereocenters. The van der Waals surface area contributed by atoms with Crippen molar-refractivity contribution >= 4 is 17.3 Å². The largest absolute Gasteiger partial charge is 0.367 e. The third-order valence-corrected chi connectivity index (χ3v) is 10.6. The molecule has 0 radical (unpaired) electrons. The monoisotopic (exact) mass is 743 g/mol. The molecule has 1 saturated carbocycles. The van der Waals surface area contributed by atoms with E-state index in [2.05, 4.69) is 67.2 Å². The van der Waals surface area contributed by atoms with Gasteiger partial charge in [-0.25, -0.2) is 9.97 Å². The number of nitrogens with one attached hydrogen (secondary N) is 2. The maximum atomic E-state index is 5.95. The van der Waals surface area contributed by atoms with E-state index in [1.165, 1.54) is 51.4 Å². The van der Waals surface area contributed by atoms with E-state index in [1.54, 1.807) is 0 Å². The molecule has 7 aromatic rings. The minimum Gasteiger partial charge on any atom is -0.367 e. The van der Waals surface area contributed by atoms with Crippen molar-refractivity contribution in [3.05, 3.63) is 139 Å². The summed E-state index contributed by atoms with van der Waals surface area (Å²) in [5.41, 5.74) is 8.87. The third-order valence-electron chi connectivity index (χ3n) is 10.6. The number of likely N-dealkylation sites (tertiary alicyclic amines) is 1. The Morgan fingerprint density at radius 1 is 0.625 bits per heavy atom. The second-order valence-corrected chi connectivity index (χ2v) is 14.7. The van der Waals surface area contributed by atoms with Crippen molar-refractivity contribution in [2.24, 2.45) is 0 Å². The smallest absolute Gasteiger partial charge is 0.176 e. The van der Waals surface area contributed by atoms with Crippen LogP contribution in [0.15, 0.2) is 137 Å². The standard InChI is InChI=1S/C26H32N4O.C21H17N3O/c1-4-10-20(11-5-1)26-25(23(29-31-26)19-30-16-8-3-9-17-30)21-14-15-27-24(18-21)28-22-12-6-2-7-13-22;1-15-20(21(25-24-15)16-9-4-2-5-10-16)18-13-8-14-19(23-18)22-17-11-6-3-7-12-17/h1,4-5,10-11,14-15,18,22H,2-3,6-9,12-13,16-17,19H2,(H,27,28);2-14H,1H3,(H,22,23). The summed E-state index contributed by atoms with van der Waals surface area (Å²) in [4.78, 5) is 11.9. The fourth-order valence-corrected chi connectivity index (χ4v) is 7.74. The van der Waals surface area contributed by atoms with Crippen LogP contribution in [0, 0.1) is 6.92 Å². The predicted molar refractivity (Wildman–Crippen MR) is 224 cm³/mol. The van der Waals surface area contributed by atoms with Crippen molar-refractivity contribution in [3.63, 3.8) is 0 Å². The molecule has 5 heterocycles. The fraction of sp³-hybridized carbons (Fsp3) is 0.277. The molecule has 4 aromatic heterocycles. The summed E-state index contributed by atoms with van der Waals surface area (Å²) < 4.78 is 11.5. The lowest BCUT2D eigenvalue weighted by atomic mass is 9.95. The summed E-state index contributed by atoms with van der Waals surface area (Å²) >= 11 is 0. The number of rotatable bonds is 10. The lowest BCUT2D eigenvalue weighted by Gasteiger charge is -2.25. The average Bonchev–Trinajstić information content (AvgIpc) is 3.86. The van der Waals surface area contributed by atoms with E-state index in [0.717, 1.165) is 93.4 Å². The van der Waals surface area contributed by atoms with E-state index in [0.29, 0.717) is 6.04 Å². The Hall–Kier alpha value is -6.06. The van der Waals surface area contributed by atoms with Crippen LogP contribution in [0.1, 0.15) is 62.8 Å². The molecular formula is C47H49N7O2. The molecule has 284 valence electrons. The number of anilines is 3. The van der Waals surface area contributed by atoms with Gasteiger partial charge in [0, 0.05) is 35.6 Å². The number of benzene rings is 3. The molecule has 9 rings (SSSR count). The van der Waals surface area contributed by atoms with Gasteiger partial charge in [0.1, 0.15) is 17.3 Å². The van der Waals surface area contributed by atoms with Crippen LogP contribution in [0.4, 0.5) is 17.3 Å². The highest BCUT2D eigenvalue weighted by molar-refractivity contribution is 5.82. The van der Waals surface area contributed by atoms with Crippen LogP contribution in [0.25, 0.3) is 45.0 Å². The first kappa shape index (κ1) is 36.9. The molecule has 0 atom stereocenters. The van der Waals surface area contributed by atoms with Gasteiger partial charge in [-0.3, -0.25) is 4.90 Å². The quantitative estimate of drug-likeness (QED) is 0.142. The van der Waals surface area contributed by atoms with E-state index in [1.807, 2.05) is 98.0 Å². The Bertz CT molecular complexity index is 2280. The molecular weight excluding hydrogens is 695 g/mol. The highest BCUT2D eigenvalue weighted by Gasteiger charge is 2.23. The van der Waals surface area contributed by atoms with E-state index in [-0.39, 0.29) is 0 Å². The second kappa shape index (κ2) is 18.0. The van der Waals surface area contributed by atoms with Gasteiger partial charge in [0.25, 0.3) is 0 Å². The number of hydrogen-bond acceptors (Lipinski definition) is 9. The second-order valence-electron chi connectivity index (χ2n) is 14.7. The summed E-state index contributed by atoms with van der Waals surface area (Å²) in [6, 6.07) is 41.0. The van der Waals surface area contributed by atoms with Crippen LogP contribution in [0.3, 0.4) is 0 Å².